The van der Waals surface area contributed by atoms with Crippen molar-refractivity contribution in [3.63, 3.8) is 0 Å². The lowest BCUT2D eigenvalue weighted by molar-refractivity contribution is -0.139. The number of hydrogen-bond acceptors (Lipinski definition) is 4. The number of carbonyl (C=O) groups is 1. The van der Waals surface area contributed by atoms with E-state index >= 15 is 0 Å². The predicted molar refractivity (Wildman–Crippen MR) is 71.2 cm³/mol. The Labute approximate surface area is 110 Å². The van der Waals surface area contributed by atoms with Gasteiger partial charge in [-0.1, -0.05) is 24.2 Å². The van der Waals surface area contributed by atoms with Gasteiger partial charge in [0.15, 0.2) is 11.4 Å². The van der Waals surface area contributed by atoms with E-state index in [4.69, 9.17) is 4.52 Å². The van der Waals surface area contributed by atoms with Crippen LogP contribution in [0.2, 0.25) is 0 Å². The molecule has 19 heavy (non-hydrogen) atoms. The summed E-state index contributed by atoms with van der Waals surface area (Å²) in [6.07, 6.45) is 1.63. The Balaban J connectivity index is 2.02. The van der Waals surface area contributed by atoms with Crippen LogP contribution in [-0.4, -0.2) is 28.8 Å². The summed E-state index contributed by atoms with van der Waals surface area (Å²) in [5.74, 6) is 0.282. The molecule has 1 aliphatic rings. The molecule has 0 radical (unpaired) electrons. The highest BCUT2D eigenvalue weighted by atomic mass is 16.5. The van der Waals surface area contributed by atoms with Gasteiger partial charge in [0.25, 0.3) is 0 Å². The second-order valence-corrected chi connectivity index (χ2v) is 5.18. The molecule has 1 aromatic heterocycles. The number of nitrogens with zero attached hydrogens (tertiary/aromatic N) is 2. The molecule has 0 aliphatic carbocycles. The first-order chi connectivity index (χ1) is 9.16. The number of rotatable bonds is 2. The second-order valence-electron chi connectivity index (χ2n) is 5.18. The Morgan fingerprint density at radius 1 is 1.47 bits per heavy atom. The monoisotopic (exact) mass is 260 g/mol. The van der Waals surface area contributed by atoms with Crippen molar-refractivity contribution in [2.24, 2.45) is 5.92 Å². The van der Waals surface area contributed by atoms with Gasteiger partial charge in [-0.15, -0.1) is 0 Å². The fourth-order valence-corrected chi connectivity index (χ4v) is 2.71. The Hall–Kier alpha value is -2.04. The zero-order valence-electron chi connectivity index (χ0n) is 10.7. The highest BCUT2D eigenvalue weighted by molar-refractivity contribution is 5.91. The Morgan fingerprint density at radius 2 is 2.26 bits per heavy atom. The van der Waals surface area contributed by atoms with Gasteiger partial charge in [-0.05, 0) is 30.9 Å². The smallest absolute Gasteiger partial charge is 0.326 e. The molecule has 2 atom stereocenters. The molecular weight excluding hydrogens is 244 g/mol. The number of piperidine rings is 1. The molecule has 5 heteroatoms. The Bertz CT molecular complexity index is 608. The first-order valence-electron chi connectivity index (χ1n) is 6.50. The summed E-state index contributed by atoms with van der Waals surface area (Å²) in [6.45, 7) is 2.79. The summed E-state index contributed by atoms with van der Waals surface area (Å²) in [5, 5.41) is 14.3. The zero-order chi connectivity index (χ0) is 13.4. The van der Waals surface area contributed by atoms with E-state index in [0.717, 1.165) is 11.8 Å². The van der Waals surface area contributed by atoms with Crippen LogP contribution in [0.4, 0.5) is 5.82 Å². The number of aromatic nitrogens is 1. The number of aliphatic carboxylic acids is 1. The van der Waals surface area contributed by atoms with Crippen molar-refractivity contribution < 1.29 is 14.4 Å². The third-order valence-corrected chi connectivity index (χ3v) is 3.78. The first kappa shape index (κ1) is 12.0. The van der Waals surface area contributed by atoms with E-state index < -0.39 is 12.0 Å². The fourth-order valence-electron chi connectivity index (χ4n) is 2.71. The van der Waals surface area contributed by atoms with Gasteiger partial charge in [0, 0.05) is 6.54 Å². The topological polar surface area (TPSA) is 66.6 Å². The molecule has 1 aromatic carbocycles. The minimum absolute atomic E-state index is 0.426. The molecule has 2 unspecified atom stereocenters. The SMILES string of the molecule is CC1CCN(c2noc3ccccc23)C(C(=O)O)C1. The molecule has 2 aromatic rings. The zero-order valence-corrected chi connectivity index (χ0v) is 10.7. The maximum atomic E-state index is 11.4. The molecule has 0 saturated carbocycles. The van der Waals surface area contributed by atoms with Crippen molar-refractivity contribution in [3.8, 4) is 0 Å². The molecule has 1 fully saturated rings. The molecule has 0 bridgehead atoms. The molecule has 0 amide bonds. The lowest BCUT2D eigenvalue weighted by Crippen LogP contribution is -2.47. The van der Waals surface area contributed by atoms with Gasteiger partial charge >= 0.3 is 5.97 Å². The van der Waals surface area contributed by atoms with E-state index in [1.165, 1.54) is 0 Å². The van der Waals surface area contributed by atoms with Gasteiger partial charge in [-0.2, -0.15) is 0 Å². The highest BCUT2D eigenvalue weighted by Crippen LogP contribution is 2.32. The lowest BCUT2D eigenvalue weighted by atomic mass is 9.92. The average molecular weight is 260 g/mol. The van der Waals surface area contributed by atoms with Crippen LogP contribution in [0.5, 0.6) is 0 Å². The van der Waals surface area contributed by atoms with Crippen LogP contribution in [0.3, 0.4) is 0 Å². The number of fused-ring (bicyclic) bond motifs is 1. The Kier molecular flexibility index (Phi) is 2.89. The van der Waals surface area contributed by atoms with Crippen LogP contribution >= 0.6 is 0 Å². The highest BCUT2D eigenvalue weighted by Gasteiger charge is 2.34. The van der Waals surface area contributed by atoms with Crippen molar-refractivity contribution >= 4 is 22.8 Å². The molecule has 100 valence electrons. The molecule has 1 N–H and O–H groups in total. The number of carboxylic acids is 1. The van der Waals surface area contributed by atoms with Crippen LogP contribution in [0.15, 0.2) is 28.8 Å². The number of benzene rings is 1. The number of anilines is 1. The predicted octanol–water partition coefficient (Wildman–Crippen LogP) is 2.52. The molecule has 5 nitrogen and oxygen atoms in total. The van der Waals surface area contributed by atoms with Crippen LogP contribution in [0.1, 0.15) is 19.8 Å². The van der Waals surface area contributed by atoms with Crippen molar-refractivity contribution in [1.82, 2.24) is 5.16 Å². The third-order valence-electron chi connectivity index (χ3n) is 3.78. The van der Waals surface area contributed by atoms with Gasteiger partial charge in [-0.25, -0.2) is 4.79 Å². The van der Waals surface area contributed by atoms with Gasteiger partial charge < -0.3 is 14.5 Å². The standard InChI is InChI=1S/C14H16N2O3/c1-9-6-7-16(11(8-9)14(17)18)13-10-4-2-3-5-12(10)19-15-13/h2-5,9,11H,6-8H2,1H3,(H,17,18). The van der Waals surface area contributed by atoms with Gasteiger partial charge in [0.1, 0.15) is 6.04 Å². The summed E-state index contributed by atoms with van der Waals surface area (Å²) >= 11 is 0. The lowest BCUT2D eigenvalue weighted by Gasteiger charge is -2.35. The minimum atomic E-state index is -0.793. The summed E-state index contributed by atoms with van der Waals surface area (Å²) in [6, 6.07) is 7.03. The van der Waals surface area contributed by atoms with Crippen LogP contribution in [-0.2, 0) is 4.79 Å². The average Bonchev–Trinajstić information content (AvgIpc) is 2.82. The number of carboxylic acid groups (broad SMARTS) is 1. The molecule has 1 aliphatic heterocycles. The summed E-state index contributed by atoms with van der Waals surface area (Å²) in [5.41, 5.74) is 0.695. The van der Waals surface area contributed by atoms with Gasteiger partial charge in [0.2, 0.25) is 0 Å². The van der Waals surface area contributed by atoms with Crippen molar-refractivity contribution in [2.75, 3.05) is 11.4 Å². The van der Waals surface area contributed by atoms with E-state index in [-0.39, 0.29) is 0 Å². The van der Waals surface area contributed by atoms with Crippen molar-refractivity contribution in [3.05, 3.63) is 24.3 Å². The van der Waals surface area contributed by atoms with Crippen LogP contribution < -0.4 is 4.90 Å². The molecule has 3 rings (SSSR count). The largest absolute Gasteiger partial charge is 0.480 e. The van der Waals surface area contributed by atoms with E-state index in [2.05, 4.69) is 12.1 Å². The molecular formula is C14H16N2O3. The third kappa shape index (κ3) is 2.05. The van der Waals surface area contributed by atoms with E-state index in [0.29, 0.717) is 30.3 Å². The molecule has 1 saturated heterocycles. The van der Waals surface area contributed by atoms with Crippen molar-refractivity contribution in [2.45, 2.75) is 25.8 Å². The summed E-state index contributed by atoms with van der Waals surface area (Å²) in [7, 11) is 0. The van der Waals surface area contributed by atoms with E-state index in [1.54, 1.807) is 0 Å². The van der Waals surface area contributed by atoms with Crippen LogP contribution in [0.25, 0.3) is 11.0 Å². The molecule has 2 heterocycles. The number of hydrogen-bond donors (Lipinski definition) is 1. The minimum Gasteiger partial charge on any atom is -0.480 e. The molecule has 0 spiro atoms. The Morgan fingerprint density at radius 3 is 3.05 bits per heavy atom. The normalized spacial score (nSPS) is 23.7. The second kappa shape index (κ2) is 4.57. The van der Waals surface area contributed by atoms with Gasteiger partial charge in [-0.3, -0.25) is 0 Å². The first-order valence-corrected chi connectivity index (χ1v) is 6.50. The van der Waals surface area contributed by atoms with E-state index in [1.807, 2.05) is 29.2 Å². The fraction of sp³-hybridized carbons (Fsp3) is 0.429. The number of para-hydroxylation sites is 1. The van der Waals surface area contributed by atoms with Crippen molar-refractivity contribution in [1.29, 1.82) is 0 Å². The van der Waals surface area contributed by atoms with E-state index in [9.17, 15) is 9.90 Å². The maximum absolute atomic E-state index is 11.4. The summed E-state index contributed by atoms with van der Waals surface area (Å²) < 4.78 is 5.27. The van der Waals surface area contributed by atoms with Gasteiger partial charge in [0.05, 0.1) is 5.39 Å². The quantitative estimate of drug-likeness (QED) is 0.898. The summed E-state index contributed by atoms with van der Waals surface area (Å²) in [4.78, 5) is 13.3. The van der Waals surface area contributed by atoms with Crippen LogP contribution in [0, 0.1) is 5.92 Å². The maximum Gasteiger partial charge on any atom is 0.326 e.